The molecule has 0 atom stereocenters. The first-order valence-corrected chi connectivity index (χ1v) is 5.63. The van der Waals surface area contributed by atoms with Gasteiger partial charge >= 0.3 is 0 Å². The Morgan fingerprint density at radius 1 is 1.25 bits per heavy atom. The molecule has 1 heterocycles. The Hall–Kier alpha value is -1.55. The van der Waals surface area contributed by atoms with E-state index in [1.807, 2.05) is 12.1 Å². The van der Waals surface area contributed by atoms with Gasteiger partial charge in [-0.05, 0) is 50.2 Å². The summed E-state index contributed by atoms with van der Waals surface area (Å²) in [7, 11) is 0. The van der Waals surface area contributed by atoms with Crippen molar-refractivity contribution in [3.63, 3.8) is 0 Å². The largest absolute Gasteiger partial charge is 0.399 e. The summed E-state index contributed by atoms with van der Waals surface area (Å²) in [6.45, 7) is 1.86. The van der Waals surface area contributed by atoms with Crippen LogP contribution in [0.25, 0.3) is 0 Å². The predicted molar refractivity (Wildman–Crippen MR) is 65.1 cm³/mol. The highest BCUT2D eigenvalue weighted by Gasteiger charge is 2.20. The van der Waals surface area contributed by atoms with Gasteiger partial charge in [0.15, 0.2) is 0 Å². The molecule has 0 radical (unpaired) electrons. The number of nitrogen functional groups attached to an aromatic ring is 1. The molecule has 4 heteroatoms. The summed E-state index contributed by atoms with van der Waals surface area (Å²) in [4.78, 5) is 11.9. The zero-order chi connectivity index (χ0) is 11.4. The Balaban J connectivity index is 1.93. The van der Waals surface area contributed by atoms with Crippen molar-refractivity contribution in [3.05, 3.63) is 24.3 Å². The van der Waals surface area contributed by atoms with E-state index in [-0.39, 0.29) is 11.8 Å². The number of carbonyl (C=O) groups excluding carboxylic acids is 1. The molecule has 2 rings (SSSR count). The van der Waals surface area contributed by atoms with Crippen LogP contribution >= 0.6 is 0 Å². The second-order valence-electron chi connectivity index (χ2n) is 4.14. The van der Waals surface area contributed by atoms with E-state index in [9.17, 15) is 4.79 Å². The molecule has 1 amide bonds. The highest BCUT2D eigenvalue weighted by atomic mass is 16.1. The number of benzene rings is 1. The third-order valence-corrected chi connectivity index (χ3v) is 2.89. The normalized spacial score (nSPS) is 17.0. The van der Waals surface area contributed by atoms with Crippen LogP contribution in [0.1, 0.15) is 12.8 Å². The lowest BCUT2D eigenvalue weighted by Crippen LogP contribution is -2.34. The smallest absolute Gasteiger partial charge is 0.227 e. The minimum Gasteiger partial charge on any atom is -0.399 e. The van der Waals surface area contributed by atoms with E-state index in [1.54, 1.807) is 12.1 Å². The van der Waals surface area contributed by atoms with Crippen molar-refractivity contribution < 1.29 is 4.79 Å². The van der Waals surface area contributed by atoms with Crippen LogP contribution in [0.4, 0.5) is 11.4 Å². The first-order valence-electron chi connectivity index (χ1n) is 5.63. The summed E-state index contributed by atoms with van der Waals surface area (Å²) < 4.78 is 0. The summed E-state index contributed by atoms with van der Waals surface area (Å²) in [5, 5.41) is 6.16. The van der Waals surface area contributed by atoms with Gasteiger partial charge in [0.1, 0.15) is 0 Å². The number of nitrogens with two attached hydrogens (primary N) is 1. The zero-order valence-electron chi connectivity index (χ0n) is 9.20. The molecule has 0 aromatic heterocycles. The van der Waals surface area contributed by atoms with Crippen molar-refractivity contribution in [2.45, 2.75) is 12.8 Å². The fourth-order valence-corrected chi connectivity index (χ4v) is 1.89. The van der Waals surface area contributed by atoms with Crippen molar-refractivity contribution in [1.29, 1.82) is 0 Å². The maximum Gasteiger partial charge on any atom is 0.227 e. The minimum absolute atomic E-state index is 0.117. The van der Waals surface area contributed by atoms with Gasteiger partial charge in [0.05, 0.1) is 0 Å². The average molecular weight is 219 g/mol. The molecule has 0 aliphatic carbocycles. The third kappa shape index (κ3) is 2.73. The number of nitrogens with one attached hydrogen (secondary N) is 2. The molecule has 1 aromatic rings. The Labute approximate surface area is 95.2 Å². The Bertz CT molecular complexity index is 355. The van der Waals surface area contributed by atoms with Crippen molar-refractivity contribution in [2.75, 3.05) is 24.1 Å². The second kappa shape index (κ2) is 4.99. The molecular formula is C12H17N3O. The minimum atomic E-state index is 0.117. The van der Waals surface area contributed by atoms with Gasteiger partial charge in [0.25, 0.3) is 0 Å². The number of rotatable bonds is 2. The Kier molecular flexibility index (Phi) is 3.41. The van der Waals surface area contributed by atoms with Crippen LogP contribution in [-0.2, 0) is 4.79 Å². The maximum absolute atomic E-state index is 11.9. The Morgan fingerprint density at radius 3 is 2.50 bits per heavy atom. The van der Waals surface area contributed by atoms with Crippen molar-refractivity contribution in [3.8, 4) is 0 Å². The SMILES string of the molecule is Nc1ccc(NC(=O)C2CCNCC2)cc1. The standard InChI is InChI=1S/C12H17N3O/c13-10-1-3-11(4-2-10)15-12(16)9-5-7-14-8-6-9/h1-4,9,14H,5-8,13H2,(H,15,16). The van der Waals surface area contributed by atoms with Gasteiger partial charge in [-0.3, -0.25) is 4.79 Å². The number of hydrogen-bond donors (Lipinski definition) is 3. The monoisotopic (exact) mass is 219 g/mol. The molecule has 1 fully saturated rings. The quantitative estimate of drug-likeness (QED) is 0.655. The van der Waals surface area contributed by atoms with Crippen LogP contribution in [0.15, 0.2) is 24.3 Å². The lowest BCUT2D eigenvalue weighted by molar-refractivity contribution is -0.120. The van der Waals surface area contributed by atoms with Gasteiger partial charge in [-0.2, -0.15) is 0 Å². The Morgan fingerprint density at radius 2 is 1.88 bits per heavy atom. The predicted octanol–water partition coefficient (Wildman–Crippen LogP) is 1.21. The third-order valence-electron chi connectivity index (χ3n) is 2.89. The molecule has 1 aliphatic heterocycles. The molecule has 0 unspecified atom stereocenters. The topological polar surface area (TPSA) is 67.1 Å². The van der Waals surface area contributed by atoms with E-state index in [1.165, 1.54) is 0 Å². The van der Waals surface area contributed by atoms with Crippen molar-refractivity contribution >= 4 is 17.3 Å². The molecular weight excluding hydrogens is 202 g/mol. The lowest BCUT2D eigenvalue weighted by atomic mass is 9.97. The highest BCUT2D eigenvalue weighted by Crippen LogP contribution is 2.16. The zero-order valence-corrected chi connectivity index (χ0v) is 9.20. The number of anilines is 2. The van der Waals surface area contributed by atoms with Gasteiger partial charge in [-0.25, -0.2) is 0 Å². The number of hydrogen-bond acceptors (Lipinski definition) is 3. The summed E-state index contributed by atoms with van der Waals surface area (Å²) in [5.41, 5.74) is 7.10. The first-order chi connectivity index (χ1) is 7.75. The van der Waals surface area contributed by atoms with Crippen molar-refractivity contribution in [1.82, 2.24) is 5.32 Å². The van der Waals surface area contributed by atoms with Gasteiger partial charge in [-0.1, -0.05) is 0 Å². The molecule has 0 spiro atoms. The van der Waals surface area contributed by atoms with E-state index in [4.69, 9.17) is 5.73 Å². The summed E-state index contributed by atoms with van der Waals surface area (Å²) in [6, 6.07) is 7.23. The molecule has 1 aromatic carbocycles. The van der Waals surface area contributed by atoms with E-state index in [2.05, 4.69) is 10.6 Å². The van der Waals surface area contributed by atoms with E-state index in [0.717, 1.165) is 31.6 Å². The second-order valence-corrected chi connectivity index (χ2v) is 4.14. The average Bonchev–Trinajstić information content (AvgIpc) is 2.33. The van der Waals surface area contributed by atoms with Crippen LogP contribution in [0.5, 0.6) is 0 Å². The lowest BCUT2D eigenvalue weighted by Gasteiger charge is -2.21. The number of carbonyl (C=O) groups is 1. The molecule has 1 saturated heterocycles. The molecule has 0 saturated carbocycles. The summed E-state index contributed by atoms with van der Waals surface area (Å²) >= 11 is 0. The van der Waals surface area contributed by atoms with Crippen LogP contribution in [0.3, 0.4) is 0 Å². The van der Waals surface area contributed by atoms with E-state index < -0.39 is 0 Å². The fraction of sp³-hybridized carbons (Fsp3) is 0.417. The molecule has 0 bridgehead atoms. The van der Waals surface area contributed by atoms with Gasteiger partial charge in [0.2, 0.25) is 5.91 Å². The first kappa shape index (κ1) is 11.0. The molecule has 16 heavy (non-hydrogen) atoms. The number of amides is 1. The van der Waals surface area contributed by atoms with E-state index in [0.29, 0.717) is 5.69 Å². The van der Waals surface area contributed by atoms with Crippen LogP contribution in [0.2, 0.25) is 0 Å². The highest BCUT2D eigenvalue weighted by molar-refractivity contribution is 5.92. The van der Waals surface area contributed by atoms with Crippen molar-refractivity contribution in [2.24, 2.45) is 5.92 Å². The fourth-order valence-electron chi connectivity index (χ4n) is 1.89. The van der Waals surface area contributed by atoms with E-state index >= 15 is 0 Å². The van der Waals surface area contributed by atoms with Gasteiger partial charge in [-0.15, -0.1) is 0 Å². The summed E-state index contributed by atoms with van der Waals surface area (Å²) in [6.07, 6.45) is 1.83. The maximum atomic E-state index is 11.9. The molecule has 86 valence electrons. The van der Waals surface area contributed by atoms with Crippen LogP contribution in [-0.4, -0.2) is 19.0 Å². The van der Waals surface area contributed by atoms with Crippen LogP contribution < -0.4 is 16.4 Å². The number of piperidine rings is 1. The van der Waals surface area contributed by atoms with Gasteiger partial charge < -0.3 is 16.4 Å². The molecule has 4 N–H and O–H groups in total. The van der Waals surface area contributed by atoms with Gasteiger partial charge in [0, 0.05) is 17.3 Å². The molecule has 4 nitrogen and oxygen atoms in total. The molecule has 1 aliphatic rings. The van der Waals surface area contributed by atoms with Crippen LogP contribution in [0, 0.1) is 5.92 Å². The summed E-state index contributed by atoms with van der Waals surface area (Å²) in [5.74, 6) is 0.255.